The molecule has 1 unspecified atom stereocenters. The van der Waals surface area contributed by atoms with Crippen molar-refractivity contribution in [1.29, 1.82) is 0 Å². The number of aliphatic hydroxyl groups is 1. The summed E-state index contributed by atoms with van der Waals surface area (Å²) in [5.74, 6) is -0.116. The number of hydrogen-bond acceptors (Lipinski definition) is 4. The summed E-state index contributed by atoms with van der Waals surface area (Å²) in [5.41, 5.74) is 2.06. The minimum atomic E-state index is -0.504. The molecule has 1 atom stereocenters. The molecule has 0 aliphatic carbocycles. The van der Waals surface area contributed by atoms with Crippen LogP contribution in [0.4, 0.5) is 5.69 Å². The molecule has 1 aromatic heterocycles. The van der Waals surface area contributed by atoms with E-state index in [-0.39, 0.29) is 5.91 Å². The summed E-state index contributed by atoms with van der Waals surface area (Å²) >= 11 is 0. The van der Waals surface area contributed by atoms with E-state index in [2.05, 4.69) is 10.2 Å². The SMILES string of the molecule is O=C(c1ccnnc1)N1CCC(O)c2ccccc21. The number of rotatable bonds is 1. The lowest BCUT2D eigenvalue weighted by molar-refractivity contribution is 0.0970. The molecule has 0 fully saturated rings. The molecule has 3 rings (SSSR count). The minimum absolute atomic E-state index is 0.116. The Morgan fingerprint density at radius 1 is 1.26 bits per heavy atom. The molecule has 19 heavy (non-hydrogen) atoms. The van der Waals surface area contributed by atoms with Gasteiger partial charge in [-0.15, -0.1) is 0 Å². The first kappa shape index (κ1) is 11.8. The number of carbonyl (C=O) groups is 1. The highest BCUT2D eigenvalue weighted by molar-refractivity contribution is 6.06. The zero-order valence-corrected chi connectivity index (χ0v) is 10.2. The number of benzene rings is 1. The average molecular weight is 255 g/mol. The number of anilines is 1. The van der Waals surface area contributed by atoms with E-state index < -0.39 is 6.10 Å². The molecule has 2 aromatic rings. The molecule has 2 heterocycles. The van der Waals surface area contributed by atoms with Gasteiger partial charge in [0.25, 0.3) is 5.91 Å². The van der Waals surface area contributed by atoms with Crippen molar-refractivity contribution in [2.75, 3.05) is 11.4 Å². The Balaban J connectivity index is 1.99. The molecule has 1 aliphatic rings. The van der Waals surface area contributed by atoms with Crippen LogP contribution in [0.3, 0.4) is 0 Å². The standard InChI is InChI=1S/C14H13N3O2/c18-13-6-8-17(12-4-2-1-3-11(12)13)14(19)10-5-7-15-16-9-10/h1-5,7,9,13,18H,6,8H2. The van der Waals surface area contributed by atoms with Crippen LogP contribution in [0.2, 0.25) is 0 Å². The van der Waals surface area contributed by atoms with Crippen LogP contribution in [0.1, 0.15) is 28.4 Å². The van der Waals surface area contributed by atoms with Crippen LogP contribution in [0, 0.1) is 0 Å². The Labute approximate surface area is 110 Å². The summed E-state index contributed by atoms with van der Waals surface area (Å²) in [6, 6.07) is 9.07. The Bertz CT molecular complexity index is 601. The fraction of sp³-hybridized carbons (Fsp3) is 0.214. The molecule has 5 nitrogen and oxygen atoms in total. The number of nitrogens with zero attached hydrogens (tertiary/aromatic N) is 3. The lowest BCUT2D eigenvalue weighted by Crippen LogP contribution is -2.36. The predicted octanol–water partition coefficient (Wildman–Crippen LogP) is 1.56. The molecule has 0 saturated heterocycles. The maximum Gasteiger partial charge on any atom is 0.259 e. The van der Waals surface area contributed by atoms with E-state index in [9.17, 15) is 9.90 Å². The zero-order valence-electron chi connectivity index (χ0n) is 10.2. The van der Waals surface area contributed by atoms with Crippen molar-refractivity contribution in [1.82, 2.24) is 10.2 Å². The Morgan fingerprint density at radius 3 is 2.89 bits per heavy atom. The van der Waals surface area contributed by atoms with Crippen LogP contribution in [0.25, 0.3) is 0 Å². The molecular formula is C14H13N3O2. The van der Waals surface area contributed by atoms with E-state index in [0.29, 0.717) is 18.5 Å². The minimum Gasteiger partial charge on any atom is -0.388 e. The van der Waals surface area contributed by atoms with Crippen molar-refractivity contribution in [2.45, 2.75) is 12.5 Å². The van der Waals surface area contributed by atoms with Gasteiger partial charge < -0.3 is 10.0 Å². The molecule has 0 bridgehead atoms. The van der Waals surface area contributed by atoms with Gasteiger partial charge in [0, 0.05) is 17.8 Å². The normalized spacial score (nSPS) is 17.9. The topological polar surface area (TPSA) is 66.3 Å². The molecule has 1 aromatic carbocycles. The van der Waals surface area contributed by atoms with Gasteiger partial charge in [0.15, 0.2) is 0 Å². The van der Waals surface area contributed by atoms with Crippen molar-refractivity contribution in [3.63, 3.8) is 0 Å². The van der Waals surface area contributed by atoms with Crippen molar-refractivity contribution < 1.29 is 9.90 Å². The first-order valence-electron chi connectivity index (χ1n) is 6.13. The second-order valence-electron chi connectivity index (χ2n) is 4.45. The number of amides is 1. The van der Waals surface area contributed by atoms with Crippen LogP contribution in [0.5, 0.6) is 0 Å². The Morgan fingerprint density at radius 2 is 2.11 bits per heavy atom. The highest BCUT2D eigenvalue weighted by Crippen LogP contribution is 2.34. The van der Waals surface area contributed by atoms with Gasteiger partial charge in [0.05, 0.1) is 24.1 Å². The van der Waals surface area contributed by atoms with E-state index in [1.54, 1.807) is 11.0 Å². The number of aromatic nitrogens is 2. The third-order valence-corrected chi connectivity index (χ3v) is 3.29. The van der Waals surface area contributed by atoms with Crippen molar-refractivity contribution in [2.24, 2.45) is 0 Å². The summed E-state index contributed by atoms with van der Waals surface area (Å²) in [6.07, 6.45) is 2.99. The Kier molecular flexibility index (Phi) is 2.97. The van der Waals surface area contributed by atoms with Gasteiger partial charge in [-0.1, -0.05) is 18.2 Å². The smallest absolute Gasteiger partial charge is 0.259 e. The maximum absolute atomic E-state index is 12.4. The van der Waals surface area contributed by atoms with Gasteiger partial charge in [-0.2, -0.15) is 10.2 Å². The van der Waals surface area contributed by atoms with Crippen LogP contribution in [-0.4, -0.2) is 27.8 Å². The van der Waals surface area contributed by atoms with Gasteiger partial charge in [-0.3, -0.25) is 4.79 Å². The molecule has 1 aliphatic heterocycles. The summed E-state index contributed by atoms with van der Waals surface area (Å²) in [7, 11) is 0. The fourth-order valence-electron chi connectivity index (χ4n) is 2.33. The number of hydrogen-bond donors (Lipinski definition) is 1. The van der Waals surface area contributed by atoms with Gasteiger partial charge in [-0.05, 0) is 18.6 Å². The van der Waals surface area contributed by atoms with E-state index in [0.717, 1.165) is 11.3 Å². The third-order valence-electron chi connectivity index (χ3n) is 3.29. The molecular weight excluding hydrogens is 242 g/mol. The van der Waals surface area contributed by atoms with Gasteiger partial charge >= 0.3 is 0 Å². The first-order valence-corrected chi connectivity index (χ1v) is 6.13. The van der Waals surface area contributed by atoms with Crippen molar-refractivity contribution >= 4 is 11.6 Å². The lowest BCUT2D eigenvalue weighted by Gasteiger charge is -2.32. The van der Waals surface area contributed by atoms with Crippen LogP contribution in [0.15, 0.2) is 42.7 Å². The Hall–Kier alpha value is -2.27. The third kappa shape index (κ3) is 2.08. The molecule has 0 radical (unpaired) electrons. The van der Waals surface area contributed by atoms with E-state index in [1.807, 2.05) is 24.3 Å². The van der Waals surface area contributed by atoms with E-state index >= 15 is 0 Å². The number of para-hydroxylation sites is 1. The average Bonchev–Trinajstić information content (AvgIpc) is 2.48. The second kappa shape index (κ2) is 4.78. The van der Waals surface area contributed by atoms with Crippen LogP contribution in [-0.2, 0) is 0 Å². The quantitative estimate of drug-likeness (QED) is 0.839. The van der Waals surface area contributed by atoms with E-state index in [1.165, 1.54) is 12.4 Å². The van der Waals surface area contributed by atoms with Crippen molar-refractivity contribution in [3.8, 4) is 0 Å². The summed E-state index contributed by atoms with van der Waals surface area (Å²) in [5, 5.41) is 17.4. The van der Waals surface area contributed by atoms with Gasteiger partial charge in [0.1, 0.15) is 0 Å². The summed E-state index contributed by atoms with van der Waals surface area (Å²) in [4.78, 5) is 14.1. The molecule has 0 saturated carbocycles. The van der Waals surface area contributed by atoms with Crippen LogP contribution < -0.4 is 4.90 Å². The summed E-state index contributed by atoms with van der Waals surface area (Å²) < 4.78 is 0. The second-order valence-corrected chi connectivity index (χ2v) is 4.45. The largest absolute Gasteiger partial charge is 0.388 e. The maximum atomic E-state index is 12.4. The number of fused-ring (bicyclic) bond motifs is 1. The summed E-state index contributed by atoms with van der Waals surface area (Å²) in [6.45, 7) is 0.499. The monoisotopic (exact) mass is 255 g/mol. The molecule has 1 amide bonds. The molecule has 96 valence electrons. The van der Waals surface area contributed by atoms with Crippen molar-refractivity contribution in [3.05, 3.63) is 53.9 Å². The van der Waals surface area contributed by atoms with E-state index in [4.69, 9.17) is 0 Å². The fourth-order valence-corrected chi connectivity index (χ4v) is 2.33. The predicted molar refractivity (Wildman–Crippen MR) is 69.7 cm³/mol. The first-order chi connectivity index (χ1) is 9.27. The number of carbonyl (C=O) groups excluding carboxylic acids is 1. The highest BCUT2D eigenvalue weighted by atomic mass is 16.3. The molecule has 1 N–H and O–H groups in total. The highest BCUT2D eigenvalue weighted by Gasteiger charge is 2.27. The lowest BCUT2D eigenvalue weighted by atomic mass is 9.98. The molecule has 5 heteroatoms. The van der Waals surface area contributed by atoms with Gasteiger partial charge in [0.2, 0.25) is 0 Å². The van der Waals surface area contributed by atoms with Gasteiger partial charge in [-0.25, -0.2) is 0 Å². The molecule has 0 spiro atoms. The zero-order chi connectivity index (χ0) is 13.2. The number of aliphatic hydroxyl groups excluding tert-OH is 1. The van der Waals surface area contributed by atoms with Crippen LogP contribution >= 0.6 is 0 Å².